The minimum atomic E-state index is 0.701. The van der Waals surface area contributed by atoms with Crippen LogP contribution in [0.5, 0.6) is 0 Å². The molecule has 1 aromatic heterocycles. The first kappa shape index (κ1) is 10.7. The number of aryl methyl sites for hydroxylation is 1. The van der Waals surface area contributed by atoms with Crippen molar-refractivity contribution in [2.24, 2.45) is 0 Å². The zero-order valence-corrected chi connectivity index (χ0v) is 8.45. The number of rotatable bonds is 6. The van der Waals surface area contributed by atoms with Crippen molar-refractivity contribution in [3.05, 3.63) is 30.1 Å². The quantitative estimate of drug-likeness (QED) is 0.643. The Morgan fingerprint density at radius 1 is 1.21 bits per heavy atom. The molecule has 0 N–H and O–H groups in total. The minimum Gasteiger partial charge on any atom is -0.264 e. The molecule has 0 bridgehead atoms. The second-order valence-corrected chi connectivity index (χ2v) is 3.43. The molecule has 0 aromatic carbocycles. The van der Waals surface area contributed by atoms with Gasteiger partial charge >= 0.3 is 0 Å². The highest BCUT2D eigenvalue weighted by Crippen LogP contribution is 2.07. The van der Waals surface area contributed by atoms with Crippen LogP contribution in [-0.4, -0.2) is 4.98 Å². The number of nitriles is 1. The van der Waals surface area contributed by atoms with Gasteiger partial charge in [0.15, 0.2) is 0 Å². The fourth-order valence-electron chi connectivity index (χ4n) is 1.43. The zero-order valence-electron chi connectivity index (χ0n) is 8.45. The van der Waals surface area contributed by atoms with Crippen LogP contribution in [0.15, 0.2) is 24.5 Å². The van der Waals surface area contributed by atoms with Crippen LogP contribution in [0.3, 0.4) is 0 Å². The largest absolute Gasteiger partial charge is 0.264 e. The van der Waals surface area contributed by atoms with Crippen LogP contribution < -0.4 is 0 Å². The van der Waals surface area contributed by atoms with Gasteiger partial charge in [-0.15, -0.1) is 0 Å². The van der Waals surface area contributed by atoms with Gasteiger partial charge in [0.05, 0.1) is 6.07 Å². The van der Waals surface area contributed by atoms with E-state index in [-0.39, 0.29) is 0 Å². The average Bonchev–Trinajstić information content (AvgIpc) is 2.25. The second-order valence-electron chi connectivity index (χ2n) is 3.43. The van der Waals surface area contributed by atoms with Crippen LogP contribution in [-0.2, 0) is 6.42 Å². The molecule has 0 radical (unpaired) electrons. The fraction of sp³-hybridized carbons (Fsp3) is 0.500. The third kappa shape index (κ3) is 4.61. The molecule has 1 rings (SSSR count). The number of pyridine rings is 1. The van der Waals surface area contributed by atoms with Gasteiger partial charge in [-0.25, -0.2) is 0 Å². The highest BCUT2D eigenvalue weighted by Gasteiger charge is 1.92. The fourth-order valence-corrected chi connectivity index (χ4v) is 1.43. The summed E-state index contributed by atoms with van der Waals surface area (Å²) in [6.07, 6.45) is 10.2. The van der Waals surface area contributed by atoms with E-state index in [9.17, 15) is 0 Å². The third-order valence-corrected chi connectivity index (χ3v) is 2.23. The molecule has 1 heterocycles. The topological polar surface area (TPSA) is 36.7 Å². The molecule has 2 nitrogen and oxygen atoms in total. The molecule has 0 aliphatic rings. The molecule has 2 heteroatoms. The molecule has 0 saturated carbocycles. The lowest BCUT2D eigenvalue weighted by Gasteiger charge is -1.99. The second kappa shape index (κ2) is 7.08. The van der Waals surface area contributed by atoms with Crippen LogP contribution >= 0.6 is 0 Å². The molecule has 0 fully saturated rings. The van der Waals surface area contributed by atoms with E-state index in [1.165, 1.54) is 24.8 Å². The summed E-state index contributed by atoms with van der Waals surface area (Å²) in [4.78, 5) is 4.07. The highest BCUT2D eigenvalue weighted by atomic mass is 14.6. The molecular formula is C12H16N2. The van der Waals surface area contributed by atoms with E-state index in [1.807, 2.05) is 12.3 Å². The first-order chi connectivity index (χ1) is 6.93. The van der Waals surface area contributed by atoms with Gasteiger partial charge in [0.2, 0.25) is 0 Å². The van der Waals surface area contributed by atoms with Crippen molar-refractivity contribution >= 4 is 0 Å². The summed E-state index contributed by atoms with van der Waals surface area (Å²) in [5.74, 6) is 0. The predicted octanol–water partition coefficient (Wildman–Crippen LogP) is 3.10. The third-order valence-electron chi connectivity index (χ3n) is 2.23. The Morgan fingerprint density at radius 3 is 2.79 bits per heavy atom. The van der Waals surface area contributed by atoms with Gasteiger partial charge in [0, 0.05) is 18.8 Å². The molecule has 0 saturated heterocycles. The van der Waals surface area contributed by atoms with E-state index in [0.717, 1.165) is 12.8 Å². The SMILES string of the molecule is N#CCCCCCCc1cccnc1. The summed E-state index contributed by atoms with van der Waals surface area (Å²) in [7, 11) is 0. The van der Waals surface area contributed by atoms with Crippen molar-refractivity contribution in [3.8, 4) is 6.07 Å². The molecule has 0 atom stereocenters. The van der Waals surface area contributed by atoms with Crippen LogP contribution in [0, 0.1) is 11.3 Å². The van der Waals surface area contributed by atoms with Crippen LogP contribution in [0.2, 0.25) is 0 Å². The molecule has 0 amide bonds. The van der Waals surface area contributed by atoms with E-state index >= 15 is 0 Å². The lowest BCUT2D eigenvalue weighted by atomic mass is 10.1. The lowest BCUT2D eigenvalue weighted by Crippen LogP contribution is -1.86. The lowest BCUT2D eigenvalue weighted by molar-refractivity contribution is 0.648. The van der Waals surface area contributed by atoms with Gasteiger partial charge in [0.1, 0.15) is 0 Å². The Bertz CT molecular complexity index is 274. The molecular weight excluding hydrogens is 172 g/mol. The Hall–Kier alpha value is -1.36. The van der Waals surface area contributed by atoms with Gasteiger partial charge in [-0.3, -0.25) is 4.98 Å². The van der Waals surface area contributed by atoms with Crippen molar-refractivity contribution in [1.82, 2.24) is 4.98 Å². The number of aromatic nitrogens is 1. The number of unbranched alkanes of at least 4 members (excludes halogenated alkanes) is 4. The standard InChI is InChI=1S/C12H16N2/c13-9-5-3-1-2-4-7-12-8-6-10-14-11-12/h6,8,10-11H,1-5,7H2. The van der Waals surface area contributed by atoms with E-state index < -0.39 is 0 Å². The smallest absolute Gasteiger partial charge is 0.0621 e. The van der Waals surface area contributed by atoms with Crippen molar-refractivity contribution in [2.75, 3.05) is 0 Å². The van der Waals surface area contributed by atoms with Crippen LogP contribution in [0.25, 0.3) is 0 Å². The normalized spacial score (nSPS) is 9.64. The maximum atomic E-state index is 8.34. The van der Waals surface area contributed by atoms with Crippen molar-refractivity contribution in [3.63, 3.8) is 0 Å². The summed E-state index contributed by atoms with van der Waals surface area (Å²) in [6, 6.07) is 6.26. The highest BCUT2D eigenvalue weighted by molar-refractivity contribution is 5.08. The van der Waals surface area contributed by atoms with E-state index in [4.69, 9.17) is 5.26 Å². The Morgan fingerprint density at radius 2 is 2.07 bits per heavy atom. The summed E-state index contributed by atoms with van der Waals surface area (Å²) in [5.41, 5.74) is 1.31. The molecule has 1 aromatic rings. The maximum absolute atomic E-state index is 8.34. The summed E-state index contributed by atoms with van der Waals surface area (Å²) >= 11 is 0. The summed E-state index contributed by atoms with van der Waals surface area (Å²) < 4.78 is 0. The Labute approximate surface area is 85.6 Å². The summed E-state index contributed by atoms with van der Waals surface area (Å²) in [5, 5.41) is 8.34. The van der Waals surface area contributed by atoms with Gasteiger partial charge in [-0.05, 0) is 30.9 Å². The Kier molecular flexibility index (Phi) is 5.42. The maximum Gasteiger partial charge on any atom is 0.0621 e. The van der Waals surface area contributed by atoms with Gasteiger partial charge in [-0.2, -0.15) is 5.26 Å². The molecule has 74 valence electrons. The van der Waals surface area contributed by atoms with E-state index in [0.29, 0.717) is 6.42 Å². The first-order valence-corrected chi connectivity index (χ1v) is 5.19. The number of nitrogens with zero attached hydrogens (tertiary/aromatic N) is 2. The zero-order chi connectivity index (χ0) is 10.1. The van der Waals surface area contributed by atoms with Crippen molar-refractivity contribution in [2.45, 2.75) is 38.5 Å². The van der Waals surface area contributed by atoms with E-state index in [2.05, 4.69) is 17.1 Å². The van der Waals surface area contributed by atoms with Crippen molar-refractivity contribution in [1.29, 1.82) is 5.26 Å². The van der Waals surface area contributed by atoms with E-state index in [1.54, 1.807) is 6.20 Å². The van der Waals surface area contributed by atoms with Crippen molar-refractivity contribution < 1.29 is 0 Å². The molecule has 0 aliphatic heterocycles. The molecule has 0 aliphatic carbocycles. The minimum absolute atomic E-state index is 0.701. The summed E-state index contributed by atoms with van der Waals surface area (Å²) in [6.45, 7) is 0. The number of hydrogen-bond acceptors (Lipinski definition) is 2. The van der Waals surface area contributed by atoms with Crippen LogP contribution in [0.4, 0.5) is 0 Å². The number of hydrogen-bond donors (Lipinski definition) is 0. The van der Waals surface area contributed by atoms with Crippen LogP contribution in [0.1, 0.15) is 37.7 Å². The molecule has 14 heavy (non-hydrogen) atoms. The van der Waals surface area contributed by atoms with Gasteiger partial charge in [-0.1, -0.05) is 18.9 Å². The Balaban J connectivity index is 2.03. The van der Waals surface area contributed by atoms with Gasteiger partial charge in [0.25, 0.3) is 0 Å². The predicted molar refractivity (Wildman–Crippen MR) is 56.6 cm³/mol. The van der Waals surface area contributed by atoms with Gasteiger partial charge < -0.3 is 0 Å². The average molecular weight is 188 g/mol. The molecule has 0 unspecified atom stereocenters. The molecule has 0 spiro atoms. The monoisotopic (exact) mass is 188 g/mol. The first-order valence-electron chi connectivity index (χ1n) is 5.19.